The summed E-state index contributed by atoms with van der Waals surface area (Å²) in [6.45, 7) is 0. The Morgan fingerprint density at radius 2 is 1.48 bits per heavy atom. The highest BCUT2D eigenvalue weighted by Gasteiger charge is 2.14. The van der Waals surface area contributed by atoms with Gasteiger partial charge in [0.15, 0.2) is 5.78 Å². The third-order valence-corrected chi connectivity index (χ3v) is 5.39. The molecular formula is C24H19N3O3S. The first-order valence-corrected chi connectivity index (χ1v) is 10.8. The van der Waals surface area contributed by atoms with Crippen LogP contribution in [0.2, 0.25) is 0 Å². The Labute approximate surface area is 183 Å². The predicted molar refractivity (Wildman–Crippen MR) is 120 cm³/mol. The van der Waals surface area contributed by atoms with Crippen LogP contribution in [0, 0.1) is 0 Å². The minimum atomic E-state index is -0.391. The van der Waals surface area contributed by atoms with Gasteiger partial charge in [0, 0.05) is 21.6 Å². The predicted octanol–water partition coefficient (Wildman–Crippen LogP) is 4.87. The molecule has 1 N–H and O–H groups in total. The van der Waals surface area contributed by atoms with E-state index >= 15 is 0 Å². The van der Waals surface area contributed by atoms with Gasteiger partial charge in [0.1, 0.15) is 0 Å². The molecule has 1 aromatic heterocycles. The number of hydrogen-bond donors (Lipinski definition) is 1. The topological polar surface area (TPSA) is 85.1 Å². The van der Waals surface area contributed by atoms with Gasteiger partial charge in [0.05, 0.1) is 6.42 Å². The first-order chi connectivity index (χ1) is 15.1. The van der Waals surface area contributed by atoms with Crippen molar-refractivity contribution < 1.29 is 14.0 Å². The second-order valence-corrected chi connectivity index (χ2v) is 7.63. The maximum atomic E-state index is 12.5. The third-order valence-electron chi connectivity index (χ3n) is 4.65. The number of rotatable bonds is 7. The quantitative estimate of drug-likeness (QED) is 0.333. The lowest BCUT2D eigenvalue weighted by atomic mass is 10.0. The van der Waals surface area contributed by atoms with E-state index in [-0.39, 0.29) is 11.8 Å². The Kier molecular flexibility index (Phi) is 6.24. The summed E-state index contributed by atoms with van der Waals surface area (Å²) in [5.74, 6) is -0.0751. The fraction of sp³-hybridized carbons (Fsp3) is 0.0833. The van der Waals surface area contributed by atoms with Crippen molar-refractivity contribution in [2.45, 2.75) is 11.3 Å². The van der Waals surface area contributed by atoms with Gasteiger partial charge < -0.3 is 4.42 Å². The summed E-state index contributed by atoms with van der Waals surface area (Å²) in [5.41, 5.74) is 2.53. The molecule has 0 bridgehead atoms. The molecule has 7 heteroatoms. The monoisotopic (exact) mass is 429 g/mol. The summed E-state index contributed by atoms with van der Waals surface area (Å²) in [4.78, 5) is 26.1. The van der Waals surface area contributed by atoms with Gasteiger partial charge >= 0.3 is 6.01 Å². The number of thioether (sulfide) groups is 1. The van der Waals surface area contributed by atoms with E-state index in [9.17, 15) is 9.59 Å². The maximum Gasteiger partial charge on any atom is 0.322 e. The first-order valence-electron chi connectivity index (χ1n) is 9.59. The number of hydrogen-bond acceptors (Lipinski definition) is 6. The second-order valence-electron chi connectivity index (χ2n) is 6.75. The van der Waals surface area contributed by atoms with Crippen LogP contribution in [0.25, 0.3) is 0 Å². The van der Waals surface area contributed by atoms with Crippen molar-refractivity contribution in [1.29, 1.82) is 0 Å². The van der Waals surface area contributed by atoms with Crippen molar-refractivity contribution in [2.24, 2.45) is 0 Å². The molecule has 4 rings (SSSR count). The highest BCUT2D eigenvalue weighted by molar-refractivity contribution is 7.98. The standard InChI is InChI=1S/C24H19N3O3S/c1-31-20-13-7-16(8-14-20)15-21-26-27-24(30-21)25-23(29)19-11-9-18(10-12-19)22(28)17-5-3-2-4-6-17/h2-14H,15H2,1H3,(H,25,27,29). The minimum Gasteiger partial charge on any atom is -0.407 e. The summed E-state index contributed by atoms with van der Waals surface area (Å²) in [5, 5.41) is 10.5. The zero-order valence-electron chi connectivity index (χ0n) is 16.7. The lowest BCUT2D eigenvalue weighted by Gasteiger charge is -2.04. The lowest BCUT2D eigenvalue weighted by molar-refractivity contribution is 0.101. The molecule has 0 spiro atoms. The first kappa shape index (κ1) is 20.6. The van der Waals surface area contributed by atoms with Crippen LogP contribution in [-0.4, -0.2) is 28.1 Å². The zero-order valence-corrected chi connectivity index (χ0v) is 17.6. The summed E-state index contributed by atoms with van der Waals surface area (Å²) >= 11 is 1.68. The molecule has 0 aliphatic carbocycles. The molecule has 0 atom stereocenters. The van der Waals surface area contributed by atoms with Crippen molar-refractivity contribution in [2.75, 3.05) is 11.6 Å². The van der Waals surface area contributed by atoms with Crippen LogP contribution in [0.15, 0.2) is 88.2 Å². The zero-order chi connectivity index (χ0) is 21.6. The molecule has 4 aromatic rings. The van der Waals surface area contributed by atoms with Crippen molar-refractivity contribution in [1.82, 2.24) is 10.2 Å². The average molecular weight is 430 g/mol. The Hall–Kier alpha value is -3.71. The summed E-state index contributed by atoms with van der Waals surface area (Å²) in [7, 11) is 0. The van der Waals surface area contributed by atoms with Crippen LogP contribution in [0.1, 0.15) is 37.7 Å². The molecule has 0 radical (unpaired) electrons. The van der Waals surface area contributed by atoms with Gasteiger partial charge in [-0.1, -0.05) is 59.7 Å². The lowest BCUT2D eigenvalue weighted by Crippen LogP contribution is -2.12. The SMILES string of the molecule is CSc1ccc(Cc2nnc(NC(=O)c3ccc(C(=O)c4ccccc4)cc3)o2)cc1. The Balaban J connectivity index is 1.38. The van der Waals surface area contributed by atoms with E-state index in [2.05, 4.69) is 15.5 Å². The number of aromatic nitrogens is 2. The van der Waals surface area contributed by atoms with E-state index in [0.29, 0.717) is 29.0 Å². The summed E-state index contributed by atoms with van der Waals surface area (Å²) in [6, 6.07) is 23.5. The molecule has 31 heavy (non-hydrogen) atoms. The number of nitrogens with zero attached hydrogens (tertiary/aromatic N) is 2. The number of carbonyl (C=O) groups excluding carboxylic acids is 2. The van der Waals surface area contributed by atoms with Gasteiger partial charge in [-0.2, -0.15) is 0 Å². The van der Waals surface area contributed by atoms with E-state index in [1.54, 1.807) is 48.2 Å². The van der Waals surface area contributed by atoms with Gasteiger partial charge in [-0.25, -0.2) is 0 Å². The van der Waals surface area contributed by atoms with Crippen LogP contribution in [0.3, 0.4) is 0 Å². The largest absolute Gasteiger partial charge is 0.407 e. The second kappa shape index (κ2) is 9.40. The van der Waals surface area contributed by atoms with Gasteiger partial charge in [-0.15, -0.1) is 16.9 Å². The number of benzene rings is 3. The van der Waals surface area contributed by atoms with E-state index in [0.717, 1.165) is 5.56 Å². The maximum absolute atomic E-state index is 12.5. The molecule has 0 aliphatic rings. The normalized spacial score (nSPS) is 10.6. The molecule has 0 saturated carbocycles. The van der Waals surface area contributed by atoms with E-state index < -0.39 is 5.91 Å². The molecule has 3 aromatic carbocycles. The minimum absolute atomic E-state index is 0.0326. The van der Waals surface area contributed by atoms with Gasteiger partial charge in [0.25, 0.3) is 5.91 Å². The van der Waals surface area contributed by atoms with Gasteiger partial charge in [-0.05, 0) is 36.1 Å². The summed E-state index contributed by atoms with van der Waals surface area (Å²) in [6.07, 6.45) is 2.50. The van der Waals surface area contributed by atoms with Crippen LogP contribution in [0.5, 0.6) is 0 Å². The van der Waals surface area contributed by atoms with Gasteiger partial charge in [0.2, 0.25) is 5.89 Å². The molecule has 6 nitrogen and oxygen atoms in total. The fourth-order valence-corrected chi connectivity index (χ4v) is 3.40. The van der Waals surface area contributed by atoms with E-state index in [4.69, 9.17) is 4.42 Å². The number of ketones is 1. The Morgan fingerprint density at radius 3 is 2.16 bits per heavy atom. The number of nitrogens with one attached hydrogen (secondary N) is 1. The fourth-order valence-electron chi connectivity index (χ4n) is 2.99. The van der Waals surface area contributed by atoms with Crippen molar-refractivity contribution in [3.63, 3.8) is 0 Å². The molecule has 0 aliphatic heterocycles. The molecule has 1 heterocycles. The van der Waals surface area contributed by atoms with E-state index in [1.165, 1.54) is 4.90 Å². The molecule has 0 fully saturated rings. The van der Waals surface area contributed by atoms with Gasteiger partial charge in [-0.3, -0.25) is 14.9 Å². The smallest absolute Gasteiger partial charge is 0.322 e. The van der Waals surface area contributed by atoms with Crippen LogP contribution < -0.4 is 5.32 Å². The molecule has 154 valence electrons. The van der Waals surface area contributed by atoms with Crippen molar-refractivity contribution in [3.05, 3.63) is 107 Å². The highest BCUT2D eigenvalue weighted by Crippen LogP contribution is 2.18. The molecule has 1 amide bonds. The average Bonchev–Trinajstić information content (AvgIpc) is 3.26. The number of carbonyl (C=O) groups is 2. The van der Waals surface area contributed by atoms with Crippen LogP contribution in [-0.2, 0) is 6.42 Å². The van der Waals surface area contributed by atoms with E-state index in [1.807, 2.05) is 48.7 Å². The summed E-state index contributed by atoms with van der Waals surface area (Å²) < 4.78 is 5.54. The number of anilines is 1. The molecule has 0 unspecified atom stereocenters. The van der Waals surface area contributed by atoms with Crippen LogP contribution in [0.4, 0.5) is 6.01 Å². The Morgan fingerprint density at radius 1 is 0.839 bits per heavy atom. The van der Waals surface area contributed by atoms with Crippen molar-refractivity contribution in [3.8, 4) is 0 Å². The molecule has 0 saturated heterocycles. The number of amides is 1. The van der Waals surface area contributed by atoms with Crippen molar-refractivity contribution >= 4 is 29.5 Å². The highest BCUT2D eigenvalue weighted by atomic mass is 32.2. The third kappa shape index (κ3) is 5.07. The molecular weight excluding hydrogens is 410 g/mol. The van der Waals surface area contributed by atoms with Crippen LogP contribution >= 0.6 is 11.8 Å². The Bertz CT molecular complexity index is 1190.